The third kappa shape index (κ3) is 1.42. The third-order valence-electron chi connectivity index (χ3n) is 2.93. The summed E-state index contributed by atoms with van der Waals surface area (Å²) < 4.78 is 0. The molecule has 0 bridgehead atoms. The van der Waals surface area contributed by atoms with Gasteiger partial charge in [-0.05, 0) is 44.1 Å². The van der Waals surface area contributed by atoms with E-state index in [-0.39, 0.29) is 0 Å². The lowest BCUT2D eigenvalue weighted by Crippen LogP contribution is -2.28. The molecule has 1 aliphatic carbocycles. The van der Waals surface area contributed by atoms with Gasteiger partial charge >= 0.3 is 0 Å². The van der Waals surface area contributed by atoms with Crippen LogP contribution in [0.3, 0.4) is 0 Å². The van der Waals surface area contributed by atoms with Gasteiger partial charge in [-0.1, -0.05) is 12.1 Å². The molecule has 2 nitrogen and oxygen atoms in total. The summed E-state index contributed by atoms with van der Waals surface area (Å²) >= 11 is 0. The van der Waals surface area contributed by atoms with Gasteiger partial charge in [-0.2, -0.15) is 0 Å². The Morgan fingerprint density at radius 1 is 1.31 bits per heavy atom. The van der Waals surface area contributed by atoms with Crippen LogP contribution in [0, 0.1) is 0 Å². The topological polar surface area (TPSA) is 29.3 Å². The first-order valence-electron chi connectivity index (χ1n) is 4.71. The molecular formula is C11H16N2. The summed E-state index contributed by atoms with van der Waals surface area (Å²) in [5.41, 5.74) is 9.67. The molecule has 0 spiro atoms. The molecular weight excluding hydrogens is 160 g/mol. The minimum atomic E-state index is 0.639. The van der Waals surface area contributed by atoms with Crippen molar-refractivity contribution in [1.82, 2.24) is 4.90 Å². The fourth-order valence-corrected chi connectivity index (χ4v) is 2.02. The van der Waals surface area contributed by atoms with Crippen molar-refractivity contribution >= 4 is 5.69 Å². The highest BCUT2D eigenvalue weighted by molar-refractivity contribution is 5.53. The molecule has 0 aromatic heterocycles. The highest BCUT2D eigenvalue weighted by Gasteiger charge is 2.23. The first kappa shape index (κ1) is 8.57. The molecule has 1 aliphatic rings. The van der Waals surface area contributed by atoms with Gasteiger partial charge in [0, 0.05) is 11.7 Å². The maximum Gasteiger partial charge on any atom is 0.0349 e. The SMILES string of the molecule is CN(C)C1Cc2cccc(N)c2C1. The van der Waals surface area contributed by atoms with E-state index in [9.17, 15) is 0 Å². The summed E-state index contributed by atoms with van der Waals surface area (Å²) in [5.74, 6) is 0. The van der Waals surface area contributed by atoms with Gasteiger partial charge in [0.05, 0.1) is 0 Å². The van der Waals surface area contributed by atoms with E-state index < -0.39 is 0 Å². The number of anilines is 1. The zero-order valence-corrected chi connectivity index (χ0v) is 8.25. The lowest BCUT2D eigenvalue weighted by Gasteiger charge is -2.17. The predicted octanol–water partition coefficient (Wildman–Crippen LogP) is 1.30. The van der Waals surface area contributed by atoms with E-state index in [0.717, 1.165) is 18.5 Å². The Labute approximate surface area is 79.4 Å². The maximum atomic E-state index is 5.92. The Balaban J connectivity index is 2.30. The van der Waals surface area contributed by atoms with E-state index in [1.807, 2.05) is 12.1 Å². The third-order valence-corrected chi connectivity index (χ3v) is 2.93. The number of hydrogen-bond donors (Lipinski definition) is 1. The van der Waals surface area contributed by atoms with Crippen LogP contribution in [0.15, 0.2) is 18.2 Å². The minimum absolute atomic E-state index is 0.639. The molecule has 13 heavy (non-hydrogen) atoms. The second kappa shape index (κ2) is 3.04. The first-order valence-corrected chi connectivity index (χ1v) is 4.71. The molecule has 2 heteroatoms. The van der Waals surface area contributed by atoms with Gasteiger partial charge in [-0.15, -0.1) is 0 Å². The molecule has 0 heterocycles. The van der Waals surface area contributed by atoms with Gasteiger partial charge in [0.25, 0.3) is 0 Å². The number of fused-ring (bicyclic) bond motifs is 1. The summed E-state index contributed by atoms with van der Waals surface area (Å²) in [6.07, 6.45) is 2.25. The Kier molecular flexibility index (Phi) is 2.00. The second-order valence-corrected chi connectivity index (χ2v) is 4.01. The van der Waals surface area contributed by atoms with Crippen molar-refractivity contribution in [2.45, 2.75) is 18.9 Å². The number of hydrogen-bond acceptors (Lipinski definition) is 2. The zero-order valence-electron chi connectivity index (χ0n) is 8.25. The van der Waals surface area contributed by atoms with E-state index in [1.165, 1.54) is 11.1 Å². The predicted molar refractivity (Wildman–Crippen MR) is 55.7 cm³/mol. The number of rotatable bonds is 1. The molecule has 0 fully saturated rings. The molecule has 1 atom stereocenters. The average Bonchev–Trinajstić information content (AvgIpc) is 2.49. The van der Waals surface area contributed by atoms with Crippen molar-refractivity contribution in [2.24, 2.45) is 0 Å². The molecule has 0 saturated heterocycles. The lowest BCUT2D eigenvalue weighted by molar-refractivity contribution is 0.303. The van der Waals surface area contributed by atoms with Crippen LogP contribution in [-0.2, 0) is 12.8 Å². The standard InChI is InChI=1S/C11H16N2/c1-13(2)9-6-8-4-3-5-11(12)10(8)7-9/h3-5,9H,6-7,12H2,1-2H3. The molecule has 70 valence electrons. The number of nitrogens with zero attached hydrogens (tertiary/aromatic N) is 1. The van der Waals surface area contributed by atoms with Crippen LogP contribution in [0.25, 0.3) is 0 Å². The van der Waals surface area contributed by atoms with Gasteiger partial charge in [-0.25, -0.2) is 0 Å². The van der Waals surface area contributed by atoms with Gasteiger partial charge in [0.1, 0.15) is 0 Å². The Bertz CT molecular complexity index is 318. The highest BCUT2D eigenvalue weighted by Crippen LogP contribution is 2.28. The van der Waals surface area contributed by atoms with E-state index in [1.54, 1.807) is 0 Å². The van der Waals surface area contributed by atoms with Gasteiger partial charge in [0.2, 0.25) is 0 Å². The summed E-state index contributed by atoms with van der Waals surface area (Å²) in [6.45, 7) is 0. The van der Waals surface area contributed by atoms with Crippen molar-refractivity contribution in [3.8, 4) is 0 Å². The lowest BCUT2D eigenvalue weighted by atomic mass is 10.1. The van der Waals surface area contributed by atoms with Gasteiger partial charge in [0.15, 0.2) is 0 Å². The molecule has 1 aromatic carbocycles. The molecule has 0 aliphatic heterocycles. The monoisotopic (exact) mass is 176 g/mol. The van der Waals surface area contributed by atoms with E-state index >= 15 is 0 Å². The first-order chi connectivity index (χ1) is 6.18. The number of likely N-dealkylation sites (N-methyl/N-ethyl adjacent to an activating group) is 1. The van der Waals surface area contributed by atoms with Gasteiger partial charge < -0.3 is 10.6 Å². The van der Waals surface area contributed by atoms with Crippen LogP contribution < -0.4 is 5.73 Å². The normalized spacial score (nSPS) is 20.7. The molecule has 2 rings (SSSR count). The average molecular weight is 176 g/mol. The quantitative estimate of drug-likeness (QED) is 0.653. The van der Waals surface area contributed by atoms with E-state index in [0.29, 0.717) is 6.04 Å². The highest BCUT2D eigenvalue weighted by atomic mass is 15.1. The second-order valence-electron chi connectivity index (χ2n) is 4.01. The van der Waals surface area contributed by atoms with Crippen LogP contribution in [0.1, 0.15) is 11.1 Å². The van der Waals surface area contributed by atoms with E-state index in [4.69, 9.17) is 5.73 Å². The van der Waals surface area contributed by atoms with Crippen LogP contribution in [0.4, 0.5) is 5.69 Å². The Morgan fingerprint density at radius 2 is 2.08 bits per heavy atom. The fourth-order valence-electron chi connectivity index (χ4n) is 2.02. The van der Waals surface area contributed by atoms with Crippen LogP contribution >= 0.6 is 0 Å². The number of benzene rings is 1. The molecule has 0 amide bonds. The van der Waals surface area contributed by atoms with Crippen molar-refractivity contribution in [3.05, 3.63) is 29.3 Å². The van der Waals surface area contributed by atoms with Crippen molar-refractivity contribution in [3.63, 3.8) is 0 Å². The molecule has 2 N–H and O–H groups in total. The molecule has 0 radical (unpaired) electrons. The van der Waals surface area contributed by atoms with Crippen LogP contribution in [0.2, 0.25) is 0 Å². The molecule has 0 saturated carbocycles. The van der Waals surface area contributed by atoms with Crippen LogP contribution in [-0.4, -0.2) is 25.0 Å². The maximum absolute atomic E-state index is 5.92. The number of nitrogen functional groups attached to an aromatic ring is 1. The Morgan fingerprint density at radius 3 is 2.69 bits per heavy atom. The minimum Gasteiger partial charge on any atom is -0.398 e. The molecule has 1 unspecified atom stereocenters. The van der Waals surface area contributed by atoms with Crippen LogP contribution in [0.5, 0.6) is 0 Å². The summed E-state index contributed by atoms with van der Waals surface area (Å²) in [6, 6.07) is 6.87. The largest absolute Gasteiger partial charge is 0.398 e. The van der Waals surface area contributed by atoms with Crippen molar-refractivity contribution in [2.75, 3.05) is 19.8 Å². The molecule has 1 aromatic rings. The van der Waals surface area contributed by atoms with E-state index in [2.05, 4.69) is 25.1 Å². The number of nitrogens with two attached hydrogens (primary N) is 1. The summed E-state index contributed by atoms with van der Waals surface area (Å²) in [5, 5.41) is 0. The fraction of sp³-hybridized carbons (Fsp3) is 0.455. The smallest absolute Gasteiger partial charge is 0.0349 e. The Hall–Kier alpha value is -1.02. The van der Waals surface area contributed by atoms with Crippen molar-refractivity contribution in [1.29, 1.82) is 0 Å². The summed E-state index contributed by atoms with van der Waals surface area (Å²) in [7, 11) is 4.26. The van der Waals surface area contributed by atoms with Gasteiger partial charge in [-0.3, -0.25) is 0 Å². The van der Waals surface area contributed by atoms with Crippen molar-refractivity contribution < 1.29 is 0 Å². The zero-order chi connectivity index (χ0) is 9.42. The summed E-state index contributed by atoms with van der Waals surface area (Å²) in [4.78, 5) is 2.28.